The summed E-state index contributed by atoms with van der Waals surface area (Å²) >= 11 is 0. The Morgan fingerprint density at radius 2 is 1.96 bits per heavy atom. The lowest BCUT2D eigenvalue weighted by Gasteiger charge is -2.46. The lowest BCUT2D eigenvalue weighted by molar-refractivity contribution is 0.0134. The molecular formula is C20H32N2O3. The van der Waals surface area contributed by atoms with Gasteiger partial charge in [-0.05, 0) is 37.5 Å². The second-order valence-electron chi connectivity index (χ2n) is 7.43. The molecule has 3 rings (SSSR count). The van der Waals surface area contributed by atoms with Crippen LogP contribution in [-0.2, 0) is 6.54 Å². The maximum absolute atomic E-state index is 10.2. The first-order chi connectivity index (χ1) is 12.2. The maximum atomic E-state index is 10.2. The van der Waals surface area contributed by atoms with E-state index in [-0.39, 0.29) is 6.61 Å². The number of benzene rings is 1. The number of aliphatic hydroxyl groups is 1. The molecular weight excluding hydrogens is 316 g/mol. The van der Waals surface area contributed by atoms with Crippen LogP contribution in [0.5, 0.6) is 11.5 Å². The highest BCUT2D eigenvalue weighted by molar-refractivity contribution is 5.39. The van der Waals surface area contributed by atoms with E-state index in [1.807, 2.05) is 6.07 Å². The molecule has 0 amide bonds. The lowest BCUT2D eigenvalue weighted by atomic mass is 9.91. The molecule has 140 valence electrons. The lowest BCUT2D eigenvalue weighted by Crippen LogP contribution is -2.56. The number of rotatable bonds is 6. The van der Waals surface area contributed by atoms with Crippen molar-refractivity contribution in [3.63, 3.8) is 0 Å². The fraction of sp³-hybridized carbons (Fsp3) is 0.700. The molecule has 1 atom stereocenters. The van der Waals surface area contributed by atoms with Crippen LogP contribution < -0.4 is 4.74 Å². The minimum atomic E-state index is 0.242. The molecule has 0 bridgehead atoms. The molecule has 2 N–H and O–H groups in total. The standard InChI is InChI=1S/C20H32N2O3/c1-25-19-7-8-20(24)16(13-19)14-21-10-11-22(18(15-21)9-12-23)17-5-3-2-4-6-17/h7-8,13,17-18,23-24H,2-6,9-12,14-15H2,1H3/t18-/m1/s1. The Balaban J connectivity index is 1.65. The van der Waals surface area contributed by atoms with Gasteiger partial charge in [-0.15, -0.1) is 0 Å². The average molecular weight is 348 g/mol. The number of hydrogen-bond donors (Lipinski definition) is 2. The molecule has 5 nitrogen and oxygen atoms in total. The molecule has 2 aliphatic rings. The molecule has 0 radical (unpaired) electrons. The average Bonchev–Trinajstić information content (AvgIpc) is 2.65. The smallest absolute Gasteiger partial charge is 0.120 e. The summed E-state index contributed by atoms with van der Waals surface area (Å²) in [6.07, 6.45) is 7.49. The van der Waals surface area contributed by atoms with Gasteiger partial charge in [0.15, 0.2) is 0 Å². The molecule has 1 aliphatic carbocycles. The monoisotopic (exact) mass is 348 g/mol. The van der Waals surface area contributed by atoms with Gasteiger partial charge in [0.25, 0.3) is 0 Å². The van der Waals surface area contributed by atoms with Gasteiger partial charge in [0.1, 0.15) is 11.5 Å². The van der Waals surface area contributed by atoms with Crippen molar-refractivity contribution in [2.75, 3.05) is 33.4 Å². The first kappa shape index (κ1) is 18.5. The Labute approximate surface area is 151 Å². The van der Waals surface area contributed by atoms with Gasteiger partial charge in [-0.2, -0.15) is 0 Å². The third-order valence-corrected chi connectivity index (χ3v) is 5.80. The van der Waals surface area contributed by atoms with E-state index in [9.17, 15) is 10.2 Å². The topological polar surface area (TPSA) is 56.2 Å². The molecule has 25 heavy (non-hydrogen) atoms. The van der Waals surface area contributed by atoms with Gasteiger partial charge in [0, 0.05) is 50.4 Å². The van der Waals surface area contributed by atoms with Crippen molar-refractivity contribution in [2.45, 2.75) is 57.2 Å². The number of aromatic hydroxyl groups is 1. The van der Waals surface area contributed by atoms with E-state index in [1.54, 1.807) is 19.2 Å². The van der Waals surface area contributed by atoms with Crippen LogP contribution in [0.15, 0.2) is 18.2 Å². The van der Waals surface area contributed by atoms with E-state index in [2.05, 4.69) is 9.80 Å². The fourth-order valence-electron chi connectivity index (χ4n) is 4.43. The molecule has 1 heterocycles. The highest BCUT2D eigenvalue weighted by Crippen LogP contribution is 2.29. The van der Waals surface area contributed by atoms with Crippen LogP contribution in [0, 0.1) is 0 Å². The third-order valence-electron chi connectivity index (χ3n) is 5.80. The van der Waals surface area contributed by atoms with Gasteiger partial charge in [-0.25, -0.2) is 0 Å². The van der Waals surface area contributed by atoms with Crippen LogP contribution >= 0.6 is 0 Å². The van der Waals surface area contributed by atoms with Gasteiger partial charge in [-0.1, -0.05) is 19.3 Å². The number of ether oxygens (including phenoxy) is 1. The highest BCUT2D eigenvalue weighted by atomic mass is 16.5. The molecule has 1 aromatic carbocycles. The number of phenolic OH excluding ortho intramolecular Hbond substituents is 1. The Morgan fingerprint density at radius 3 is 2.68 bits per heavy atom. The predicted octanol–water partition coefficient (Wildman–Crippen LogP) is 2.60. The summed E-state index contributed by atoms with van der Waals surface area (Å²) < 4.78 is 5.28. The molecule has 1 aromatic rings. The zero-order valence-corrected chi connectivity index (χ0v) is 15.4. The zero-order valence-electron chi connectivity index (χ0n) is 15.4. The van der Waals surface area contributed by atoms with Crippen molar-refractivity contribution in [1.29, 1.82) is 0 Å². The first-order valence-corrected chi connectivity index (χ1v) is 9.66. The van der Waals surface area contributed by atoms with Crippen molar-refractivity contribution < 1.29 is 14.9 Å². The summed E-state index contributed by atoms with van der Waals surface area (Å²) in [4.78, 5) is 5.05. The minimum Gasteiger partial charge on any atom is -0.508 e. The van der Waals surface area contributed by atoms with E-state index >= 15 is 0 Å². The van der Waals surface area contributed by atoms with E-state index in [0.29, 0.717) is 17.8 Å². The summed E-state index contributed by atoms with van der Waals surface area (Å²) in [7, 11) is 1.65. The molecule has 0 unspecified atom stereocenters. The Kier molecular flexibility index (Phi) is 6.57. The van der Waals surface area contributed by atoms with Gasteiger partial charge < -0.3 is 14.9 Å². The van der Waals surface area contributed by atoms with Crippen molar-refractivity contribution in [3.8, 4) is 11.5 Å². The molecule has 1 saturated carbocycles. The van der Waals surface area contributed by atoms with E-state index in [4.69, 9.17) is 4.74 Å². The molecule has 1 aliphatic heterocycles. The number of piperazine rings is 1. The van der Waals surface area contributed by atoms with Crippen molar-refractivity contribution in [3.05, 3.63) is 23.8 Å². The van der Waals surface area contributed by atoms with Gasteiger partial charge >= 0.3 is 0 Å². The van der Waals surface area contributed by atoms with Crippen LogP contribution in [0.1, 0.15) is 44.1 Å². The van der Waals surface area contributed by atoms with Gasteiger partial charge in [0.2, 0.25) is 0 Å². The number of nitrogens with zero attached hydrogens (tertiary/aromatic N) is 2. The summed E-state index contributed by atoms with van der Waals surface area (Å²) in [5.74, 6) is 1.11. The number of phenols is 1. The maximum Gasteiger partial charge on any atom is 0.120 e. The number of aliphatic hydroxyl groups excluding tert-OH is 1. The summed E-state index contributed by atoms with van der Waals surface area (Å²) in [5, 5.41) is 19.7. The number of hydrogen-bond acceptors (Lipinski definition) is 5. The van der Waals surface area contributed by atoms with Crippen molar-refractivity contribution >= 4 is 0 Å². The van der Waals surface area contributed by atoms with E-state index in [1.165, 1.54) is 32.1 Å². The Bertz CT molecular complexity index is 546. The van der Waals surface area contributed by atoms with Crippen molar-refractivity contribution in [2.24, 2.45) is 0 Å². The summed E-state index contributed by atoms with van der Waals surface area (Å²) in [6, 6.07) is 6.52. The van der Waals surface area contributed by atoms with Gasteiger partial charge in [0.05, 0.1) is 7.11 Å². The first-order valence-electron chi connectivity index (χ1n) is 9.66. The molecule has 5 heteroatoms. The number of methoxy groups -OCH3 is 1. The van der Waals surface area contributed by atoms with Crippen LogP contribution in [0.25, 0.3) is 0 Å². The summed E-state index contributed by atoms with van der Waals surface area (Å²) in [6.45, 7) is 3.98. The third kappa shape index (κ3) is 4.66. The van der Waals surface area contributed by atoms with Crippen LogP contribution in [0.4, 0.5) is 0 Å². The molecule has 1 saturated heterocycles. The Hall–Kier alpha value is -1.30. The molecule has 0 aromatic heterocycles. The van der Waals surface area contributed by atoms with Crippen LogP contribution in [-0.4, -0.2) is 65.4 Å². The zero-order chi connectivity index (χ0) is 17.6. The molecule has 0 spiro atoms. The van der Waals surface area contributed by atoms with Crippen molar-refractivity contribution in [1.82, 2.24) is 9.80 Å². The van der Waals surface area contributed by atoms with Crippen LogP contribution in [0.2, 0.25) is 0 Å². The van der Waals surface area contributed by atoms with E-state index < -0.39 is 0 Å². The summed E-state index contributed by atoms with van der Waals surface area (Å²) in [5.41, 5.74) is 0.910. The second-order valence-corrected chi connectivity index (χ2v) is 7.43. The second kappa shape index (κ2) is 8.88. The SMILES string of the molecule is COc1ccc(O)c(CN2CCN(C3CCCCC3)[C@H](CCO)C2)c1. The highest BCUT2D eigenvalue weighted by Gasteiger charge is 2.32. The predicted molar refractivity (Wildman–Crippen MR) is 99.0 cm³/mol. The normalized spacial score (nSPS) is 23.7. The van der Waals surface area contributed by atoms with Crippen LogP contribution in [0.3, 0.4) is 0 Å². The molecule has 2 fully saturated rings. The Morgan fingerprint density at radius 1 is 1.16 bits per heavy atom. The quantitative estimate of drug-likeness (QED) is 0.828. The minimum absolute atomic E-state index is 0.242. The van der Waals surface area contributed by atoms with Gasteiger partial charge in [-0.3, -0.25) is 9.80 Å². The fourth-order valence-corrected chi connectivity index (χ4v) is 4.43. The largest absolute Gasteiger partial charge is 0.508 e. The van der Waals surface area contributed by atoms with E-state index in [0.717, 1.165) is 43.9 Å².